The number of halogens is 1. The average molecular weight is 431 g/mol. The van der Waals surface area contributed by atoms with Gasteiger partial charge in [0.2, 0.25) is 0 Å². The molecule has 0 saturated heterocycles. The zero-order chi connectivity index (χ0) is 16.8. The Labute approximate surface area is 159 Å². The molecule has 0 unspecified atom stereocenters. The van der Waals surface area contributed by atoms with Crippen LogP contribution in [0.1, 0.15) is 64.5 Å². The van der Waals surface area contributed by atoms with Crippen molar-refractivity contribution in [2.45, 2.75) is 64.5 Å². The number of hydroxylamine groups is 2. The van der Waals surface area contributed by atoms with E-state index >= 15 is 0 Å². The Balaban J connectivity index is 0.00000264. The Morgan fingerprint density at radius 2 is 1.30 bits per heavy atom. The molecule has 0 bridgehead atoms. The normalized spacial score (nSPS) is 19.3. The first-order valence-electron chi connectivity index (χ1n) is 8.68. The first-order chi connectivity index (χ1) is 10.2. The molecule has 0 fully saturated rings. The fourth-order valence-corrected chi connectivity index (χ4v) is 4.21. The molecular formula is C19H32IN2O. The van der Waals surface area contributed by atoms with Crippen LogP contribution in [0.2, 0.25) is 0 Å². The highest BCUT2D eigenvalue weighted by atomic mass is 127. The number of hydrogen-bond acceptors (Lipinski definition) is 1. The molecule has 3 nitrogen and oxygen atoms in total. The van der Waals surface area contributed by atoms with Gasteiger partial charge in [0.1, 0.15) is 5.69 Å². The Morgan fingerprint density at radius 1 is 0.870 bits per heavy atom. The van der Waals surface area contributed by atoms with Crippen molar-refractivity contribution in [3.8, 4) is 0 Å². The van der Waals surface area contributed by atoms with Crippen LogP contribution in [0.5, 0.6) is 0 Å². The minimum Gasteiger partial charge on any atom is -1.00 e. The van der Waals surface area contributed by atoms with E-state index in [4.69, 9.17) is 0 Å². The Hall–Kier alpha value is -0.170. The fraction of sp³-hybridized carbons (Fsp3) is 0.684. The lowest BCUT2D eigenvalue weighted by atomic mass is 9.82. The molecule has 1 radical (unpaired) electrons. The summed E-state index contributed by atoms with van der Waals surface area (Å²) in [7, 11) is 6.54. The molecule has 0 N–H and O–H groups in total. The third-order valence-corrected chi connectivity index (χ3v) is 5.90. The van der Waals surface area contributed by atoms with Gasteiger partial charge in [0.05, 0.1) is 32.2 Å². The van der Waals surface area contributed by atoms with Crippen LogP contribution in [0.25, 0.3) is 0 Å². The third-order valence-electron chi connectivity index (χ3n) is 5.90. The molecule has 1 aromatic carbocycles. The van der Waals surface area contributed by atoms with Crippen LogP contribution in [0, 0.1) is 0 Å². The van der Waals surface area contributed by atoms with Gasteiger partial charge >= 0.3 is 0 Å². The topological polar surface area (TPSA) is 23.1 Å². The summed E-state index contributed by atoms with van der Waals surface area (Å²) in [6.07, 6.45) is 3.46. The van der Waals surface area contributed by atoms with Crippen molar-refractivity contribution in [2.24, 2.45) is 0 Å². The molecule has 131 valence electrons. The largest absolute Gasteiger partial charge is 1.00 e. The molecule has 0 amide bonds. The highest BCUT2D eigenvalue weighted by molar-refractivity contribution is 5.54. The van der Waals surface area contributed by atoms with E-state index in [2.05, 4.69) is 67.0 Å². The second-order valence-electron chi connectivity index (χ2n) is 7.51. The van der Waals surface area contributed by atoms with E-state index in [1.165, 1.54) is 21.9 Å². The van der Waals surface area contributed by atoms with Crippen LogP contribution < -0.4 is 28.5 Å². The van der Waals surface area contributed by atoms with Crippen molar-refractivity contribution in [1.82, 2.24) is 9.55 Å². The van der Waals surface area contributed by atoms with Gasteiger partial charge in [-0.25, -0.2) is 0 Å². The summed E-state index contributed by atoms with van der Waals surface area (Å²) in [5.41, 5.74) is 3.06. The first-order valence-corrected chi connectivity index (χ1v) is 8.68. The maximum absolute atomic E-state index is 13.4. The molecule has 4 heteroatoms. The maximum Gasteiger partial charge on any atom is 0.132 e. The first kappa shape index (κ1) is 20.9. The molecule has 1 aliphatic heterocycles. The van der Waals surface area contributed by atoms with E-state index in [0.717, 1.165) is 30.2 Å². The van der Waals surface area contributed by atoms with Crippen LogP contribution in [0.4, 0.5) is 5.69 Å². The van der Waals surface area contributed by atoms with Gasteiger partial charge in [-0.15, -0.1) is 10.3 Å². The smallest absolute Gasteiger partial charge is 0.132 e. The number of fused-ring (bicyclic) bond motifs is 1. The van der Waals surface area contributed by atoms with Crippen molar-refractivity contribution in [3.63, 3.8) is 0 Å². The van der Waals surface area contributed by atoms with Gasteiger partial charge in [-0.1, -0.05) is 33.8 Å². The van der Waals surface area contributed by atoms with E-state index in [-0.39, 0.29) is 35.1 Å². The van der Waals surface area contributed by atoms with Gasteiger partial charge in [0.25, 0.3) is 0 Å². The van der Waals surface area contributed by atoms with E-state index in [1.807, 2.05) is 0 Å². The molecule has 0 saturated carbocycles. The highest BCUT2D eigenvalue weighted by Crippen LogP contribution is 2.55. The predicted molar refractivity (Wildman–Crippen MR) is 93.1 cm³/mol. The number of rotatable bonds is 5. The monoisotopic (exact) mass is 431 g/mol. The molecule has 0 aromatic heterocycles. The number of benzene rings is 1. The zero-order valence-electron chi connectivity index (χ0n) is 15.7. The van der Waals surface area contributed by atoms with E-state index in [9.17, 15) is 5.21 Å². The zero-order valence-corrected chi connectivity index (χ0v) is 17.9. The lowest BCUT2D eigenvalue weighted by Gasteiger charge is -2.40. The van der Waals surface area contributed by atoms with Gasteiger partial charge in [-0.05, 0) is 42.9 Å². The summed E-state index contributed by atoms with van der Waals surface area (Å²) in [4.78, 5) is 0. The Morgan fingerprint density at radius 3 is 1.70 bits per heavy atom. The van der Waals surface area contributed by atoms with Crippen LogP contribution in [-0.4, -0.2) is 26.2 Å². The third kappa shape index (κ3) is 2.86. The lowest BCUT2D eigenvalue weighted by Crippen LogP contribution is -3.00. The van der Waals surface area contributed by atoms with Gasteiger partial charge in [-0.2, -0.15) is 0 Å². The highest BCUT2D eigenvalue weighted by Gasteiger charge is 2.56. The van der Waals surface area contributed by atoms with Gasteiger partial charge in [0, 0.05) is 6.07 Å². The second-order valence-corrected chi connectivity index (χ2v) is 7.51. The van der Waals surface area contributed by atoms with E-state index < -0.39 is 0 Å². The lowest BCUT2D eigenvalue weighted by molar-refractivity contribution is -0.287. The molecule has 2 rings (SSSR count). The molecular weight excluding hydrogens is 399 g/mol. The number of nitrogens with zero attached hydrogens (tertiary/aromatic N) is 2. The summed E-state index contributed by atoms with van der Waals surface area (Å²) in [5, 5.41) is 14.9. The summed E-state index contributed by atoms with van der Waals surface area (Å²) >= 11 is 0. The number of quaternary nitrogens is 1. The second kappa shape index (κ2) is 6.98. The number of hydrogen-bond donors (Lipinski definition) is 0. The van der Waals surface area contributed by atoms with Crippen LogP contribution in [-0.2, 0) is 16.3 Å². The van der Waals surface area contributed by atoms with E-state index in [1.54, 1.807) is 0 Å². The van der Waals surface area contributed by atoms with Crippen LogP contribution in [0.3, 0.4) is 0 Å². The average Bonchev–Trinajstić information content (AvgIpc) is 2.71. The molecule has 23 heavy (non-hydrogen) atoms. The van der Waals surface area contributed by atoms with Crippen LogP contribution in [0.15, 0.2) is 18.2 Å². The van der Waals surface area contributed by atoms with Crippen molar-refractivity contribution >= 4 is 5.69 Å². The van der Waals surface area contributed by atoms with Crippen molar-refractivity contribution < 1.29 is 29.2 Å². The Bertz CT molecular complexity index is 543. The molecule has 1 aliphatic rings. The summed E-state index contributed by atoms with van der Waals surface area (Å²) in [6.45, 7) is 8.59. The van der Waals surface area contributed by atoms with Gasteiger partial charge < -0.3 is 24.0 Å². The van der Waals surface area contributed by atoms with Gasteiger partial charge in [0.15, 0.2) is 0 Å². The summed E-state index contributed by atoms with van der Waals surface area (Å²) in [6, 6.07) is 6.72. The van der Waals surface area contributed by atoms with Crippen molar-refractivity contribution in [1.29, 1.82) is 0 Å². The maximum atomic E-state index is 13.4. The SMILES string of the molecule is CCC1(CC)c2ccc([N+](C)(C)C)cc2C(CC)(CC)N1[O].[I-]. The minimum absolute atomic E-state index is 0. The van der Waals surface area contributed by atoms with Gasteiger partial charge in [-0.3, -0.25) is 4.48 Å². The standard InChI is InChI=1S/C19H32N2O.HI/c1-8-18(9-2)16-13-12-15(21(5,6)7)14-17(16)19(10-3,11-4)20(18)22;/h12-14H,8-11H2,1-7H3;1H/q+1;/p-1. The molecule has 1 heterocycles. The van der Waals surface area contributed by atoms with Crippen molar-refractivity contribution in [2.75, 3.05) is 21.1 Å². The molecule has 0 aliphatic carbocycles. The molecule has 1 aromatic rings. The Kier molecular flexibility index (Phi) is 6.34. The summed E-state index contributed by atoms with van der Waals surface area (Å²) < 4.78 is 0.779. The predicted octanol–water partition coefficient (Wildman–Crippen LogP) is 1.58. The van der Waals surface area contributed by atoms with E-state index in [0.29, 0.717) is 0 Å². The summed E-state index contributed by atoms with van der Waals surface area (Å²) in [5.74, 6) is 0. The fourth-order valence-electron chi connectivity index (χ4n) is 4.21. The van der Waals surface area contributed by atoms with Crippen molar-refractivity contribution in [3.05, 3.63) is 29.3 Å². The molecule has 0 spiro atoms. The van der Waals surface area contributed by atoms with Crippen LogP contribution >= 0.6 is 0 Å². The minimum atomic E-state index is -0.369. The molecule has 0 atom stereocenters. The quantitative estimate of drug-likeness (QED) is 0.513.